The van der Waals surface area contributed by atoms with Crippen molar-refractivity contribution >= 4 is 40.3 Å². The van der Waals surface area contributed by atoms with Gasteiger partial charge in [-0.25, -0.2) is 14.6 Å². The van der Waals surface area contributed by atoms with E-state index < -0.39 is 47.2 Å². The van der Waals surface area contributed by atoms with Crippen LogP contribution in [0.1, 0.15) is 41.0 Å². The Kier molecular flexibility index (Phi) is 8.21. The number of carbonyl (C=O) groups excluding carboxylic acids is 3. The summed E-state index contributed by atoms with van der Waals surface area (Å²) in [5.41, 5.74) is -2.00. The number of esters is 1. The standard InChI is InChI=1S/C29H36ClN3O7/c1-8-17-13-29(17,26(35)38-9-2)32-24(34)23-16(3)22(15-33(23)27(36)40-28(4,5)6)39-25-20-12-18(30)10-11-19(20)21(37-7)14-31-25/h8,10-12,14,16-17,22-23H,1,9,13,15H2,2-7H3,(H,32,34)/t16-,17-,22+,23+,29-/m1/s1. The Morgan fingerprint density at radius 3 is 2.60 bits per heavy atom. The number of benzene rings is 1. The molecule has 2 fully saturated rings. The maximum atomic E-state index is 13.8. The Balaban J connectivity index is 1.66. The molecule has 11 heteroatoms. The molecule has 1 aromatic heterocycles. The molecule has 1 aliphatic carbocycles. The van der Waals surface area contributed by atoms with Gasteiger partial charge in [-0.3, -0.25) is 9.69 Å². The van der Waals surface area contributed by atoms with Crippen LogP contribution in [-0.4, -0.2) is 71.4 Å². The zero-order valence-electron chi connectivity index (χ0n) is 23.7. The molecule has 1 N–H and O–H groups in total. The van der Waals surface area contributed by atoms with Crippen molar-refractivity contribution in [1.29, 1.82) is 0 Å². The van der Waals surface area contributed by atoms with Crippen molar-refractivity contribution in [1.82, 2.24) is 15.2 Å². The SMILES string of the molecule is C=C[C@@H]1C[C@]1(NC(=O)[C@@H]1[C@H](C)[C@@H](Oc2ncc(OC)c3ccc(Cl)cc23)CN1C(=O)OC(C)(C)C)C(=O)OCC. The van der Waals surface area contributed by atoms with Gasteiger partial charge in [0.1, 0.15) is 29.0 Å². The van der Waals surface area contributed by atoms with Gasteiger partial charge in [-0.2, -0.15) is 0 Å². The summed E-state index contributed by atoms with van der Waals surface area (Å²) in [4.78, 5) is 45.7. The van der Waals surface area contributed by atoms with Gasteiger partial charge < -0.3 is 24.3 Å². The predicted molar refractivity (Wildman–Crippen MR) is 149 cm³/mol. The second kappa shape index (κ2) is 11.2. The van der Waals surface area contributed by atoms with Crippen molar-refractivity contribution in [2.75, 3.05) is 20.3 Å². The summed E-state index contributed by atoms with van der Waals surface area (Å²) in [5, 5.41) is 4.74. The van der Waals surface area contributed by atoms with E-state index in [1.165, 1.54) is 4.90 Å². The number of carbonyl (C=O) groups is 3. The van der Waals surface area contributed by atoms with Crippen molar-refractivity contribution in [3.8, 4) is 11.6 Å². The highest BCUT2D eigenvalue weighted by molar-refractivity contribution is 6.31. The highest BCUT2D eigenvalue weighted by Gasteiger charge is 2.62. The molecular weight excluding hydrogens is 538 g/mol. The number of nitrogens with zero attached hydrogens (tertiary/aromatic N) is 2. The molecule has 10 nitrogen and oxygen atoms in total. The minimum Gasteiger partial charge on any atom is -0.494 e. The third-order valence-corrected chi connectivity index (χ3v) is 7.47. The van der Waals surface area contributed by atoms with E-state index in [9.17, 15) is 14.4 Å². The van der Waals surface area contributed by atoms with Crippen LogP contribution in [0.25, 0.3) is 10.8 Å². The lowest BCUT2D eigenvalue weighted by Crippen LogP contribution is -2.55. The van der Waals surface area contributed by atoms with E-state index in [1.807, 2.05) is 13.0 Å². The number of amides is 2. The molecular formula is C29H36ClN3O7. The molecule has 2 heterocycles. The summed E-state index contributed by atoms with van der Waals surface area (Å²) in [6.45, 7) is 12.8. The predicted octanol–water partition coefficient (Wildman–Crippen LogP) is 4.52. The van der Waals surface area contributed by atoms with Crippen molar-refractivity contribution in [3.63, 3.8) is 0 Å². The number of rotatable bonds is 8. The Morgan fingerprint density at radius 1 is 1.27 bits per heavy atom. The van der Waals surface area contributed by atoms with Crippen LogP contribution in [-0.2, 0) is 19.1 Å². The van der Waals surface area contributed by atoms with Crippen LogP contribution < -0.4 is 14.8 Å². The second-order valence-electron chi connectivity index (χ2n) is 11.1. The number of pyridine rings is 1. The summed E-state index contributed by atoms with van der Waals surface area (Å²) in [7, 11) is 1.55. The monoisotopic (exact) mass is 573 g/mol. The third-order valence-electron chi connectivity index (χ3n) is 7.24. The first-order valence-electron chi connectivity index (χ1n) is 13.3. The average molecular weight is 574 g/mol. The number of hydrogen-bond donors (Lipinski definition) is 1. The molecule has 1 saturated carbocycles. The molecule has 1 aromatic carbocycles. The normalized spacial score (nSPS) is 25.7. The molecule has 1 saturated heterocycles. The number of likely N-dealkylation sites (tertiary alicyclic amines) is 1. The Morgan fingerprint density at radius 2 is 2.00 bits per heavy atom. The smallest absolute Gasteiger partial charge is 0.411 e. The molecule has 2 aliphatic rings. The number of fused-ring (bicyclic) bond motifs is 1. The number of halogens is 1. The van der Waals surface area contributed by atoms with E-state index in [4.69, 9.17) is 30.5 Å². The molecule has 216 valence electrons. The fraction of sp³-hybridized carbons (Fsp3) is 0.517. The molecule has 2 aromatic rings. The zero-order chi connectivity index (χ0) is 29.4. The van der Waals surface area contributed by atoms with Gasteiger partial charge in [0.2, 0.25) is 11.8 Å². The Bertz CT molecular complexity index is 1330. The maximum Gasteiger partial charge on any atom is 0.411 e. The zero-order valence-corrected chi connectivity index (χ0v) is 24.4. The maximum absolute atomic E-state index is 13.8. The van der Waals surface area contributed by atoms with E-state index in [0.29, 0.717) is 22.6 Å². The van der Waals surface area contributed by atoms with Gasteiger partial charge in [0.05, 0.1) is 26.5 Å². The second-order valence-corrected chi connectivity index (χ2v) is 11.6. The van der Waals surface area contributed by atoms with Crippen molar-refractivity contribution in [2.24, 2.45) is 11.8 Å². The van der Waals surface area contributed by atoms with Crippen molar-refractivity contribution < 1.29 is 33.3 Å². The fourth-order valence-electron chi connectivity index (χ4n) is 5.11. The lowest BCUT2D eigenvalue weighted by Gasteiger charge is -2.30. The van der Waals surface area contributed by atoms with Crippen LogP contribution in [0.2, 0.25) is 5.02 Å². The largest absolute Gasteiger partial charge is 0.494 e. The van der Waals surface area contributed by atoms with Gasteiger partial charge in [0, 0.05) is 27.6 Å². The van der Waals surface area contributed by atoms with Gasteiger partial charge in [0.25, 0.3) is 0 Å². The van der Waals surface area contributed by atoms with Gasteiger partial charge in [-0.05, 0) is 52.3 Å². The summed E-state index contributed by atoms with van der Waals surface area (Å²) in [6, 6.07) is 4.30. The first-order valence-corrected chi connectivity index (χ1v) is 13.6. The highest BCUT2D eigenvalue weighted by atomic mass is 35.5. The van der Waals surface area contributed by atoms with Crippen LogP contribution in [0.4, 0.5) is 4.79 Å². The lowest BCUT2D eigenvalue weighted by atomic mass is 9.99. The van der Waals surface area contributed by atoms with Gasteiger partial charge in [-0.15, -0.1) is 6.58 Å². The topological polar surface area (TPSA) is 116 Å². The fourth-order valence-corrected chi connectivity index (χ4v) is 5.29. The third kappa shape index (κ3) is 5.68. The molecule has 4 rings (SSSR count). The quantitative estimate of drug-likeness (QED) is 0.362. The summed E-state index contributed by atoms with van der Waals surface area (Å²) < 4.78 is 22.7. The van der Waals surface area contributed by atoms with E-state index in [2.05, 4.69) is 16.9 Å². The van der Waals surface area contributed by atoms with Gasteiger partial charge in [0.15, 0.2) is 0 Å². The molecule has 5 atom stereocenters. The van der Waals surface area contributed by atoms with Crippen LogP contribution in [0.5, 0.6) is 11.6 Å². The number of methoxy groups -OCH3 is 1. The summed E-state index contributed by atoms with van der Waals surface area (Å²) in [6.07, 6.45) is 2.25. The minimum absolute atomic E-state index is 0.0568. The van der Waals surface area contributed by atoms with Crippen LogP contribution in [0.3, 0.4) is 0 Å². The molecule has 2 amide bonds. The van der Waals surface area contributed by atoms with Crippen molar-refractivity contribution in [2.45, 2.75) is 64.3 Å². The van der Waals surface area contributed by atoms with E-state index >= 15 is 0 Å². The number of aromatic nitrogens is 1. The van der Waals surface area contributed by atoms with E-state index in [-0.39, 0.29) is 24.9 Å². The molecule has 0 bridgehead atoms. The van der Waals surface area contributed by atoms with E-state index in [0.717, 1.165) is 5.39 Å². The average Bonchev–Trinajstić information content (AvgIpc) is 3.50. The van der Waals surface area contributed by atoms with Crippen molar-refractivity contribution in [3.05, 3.63) is 42.1 Å². The number of hydrogen-bond acceptors (Lipinski definition) is 8. The molecule has 0 radical (unpaired) electrons. The summed E-state index contributed by atoms with van der Waals surface area (Å²) in [5.74, 6) is -0.952. The number of nitrogens with one attached hydrogen (secondary N) is 1. The Hall–Kier alpha value is -3.53. The molecule has 40 heavy (non-hydrogen) atoms. The van der Waals surface area contributed by atoms with E-state index in [1.54, 1.807) is 59.2 Å². The molecule has 0 unspecified atom stereocenters. The van der Waals surface area contributed by atoms with Crippen LogP contribution in [0, 0.1) is 11.8 Å². The first-order chi connectivity index (χ1) is 18.8. The lowest BCUT2D eigenvalue weighted by molar-refractivity contribution is -0.149. The van der Waals surface area contributed by atoms with Crippen LogP contribution in [0.15, 0.2) is 37.1 Å². The Labute approximate surface area is 238 Å². The van der Waals surface area contributed by atoms with Gasteiger partial charge >= 0.3 is 12.1 Å². The summed E-state index contributed by atoms with van der Waals surface area (Å²) >= 11 is 6.27. The van der Waals surface area contributed by atoms with Crippen LogP contribution >= 0.6 is 11.6 Å². The molecule has 0 spiro atoms. The highest BCUT2D eigenvalue weighted by Crippen LogP contribution is 2.46. The first kappa shape index (κ1) is 29.5. The van der Waals surface area contributed by atoms with Gasteiger partial charge in [-0.1, -0.05) is 24.6 Å². The number of ether oxygens (including phenoxy) is 4. The molecule has 1 aliphatic heterocycles. The minimum atomic E-state index is -1.21.